The highest BCUT2D eigenvalue weighted by molar-refractivity contribution is 7.99. The fourth-order valence-corrected chi connectivity index (χ4v) is 5.29. The fourth-order valence-electron chi connectivity index (χ4n) is 4.92. The van der Waals surface area contributed by atoms with Crippen molar-refractivity contribution in [3.05, 3.63) is 71.9 Å². The van der Waals surface area contributed by atoms with Crippen LogP contribution in [0.1, 0.15) is 16.7 Å². The molecule has 242 valence electrons. The van der Waals surface area contributed by atoms with Gasteiger partial charge in [0, 0.05) is 78.1 Å². The average Bonchev–Trinajstić information content (AvgIpc) is 3.04. The Balaban J connectivity index is 1.53. The summed E-state index contributed by atoms with van der Waals surface area (Å²) in [5.74, 6) is -2.56. The summed E-state index contributed by atoms with van der Waals surface area (Å²) in [4.78, 5) is 26.7. The summed E-state index contributed by atoms with van der Waals surface area (Å²) < 4.78 is 37.5. The molecule has 45 heavy (non-hydrogen) atoms. The van der Waals surface area contributed by atoms with Crippen LogP contribution < -0.4 is 24.6 Å². The first kappa shape index (κ1) is 33.8. The van der Waals surface area contributed by atoms with Crippen molar-refractivity contribution in [2.75, 3.05) is 87.1 Å². The van der Waals surface area contributed by atoms with Crippen LogP contribution >= 0.6 is 11.9 Å². The van der Waals surface area contributed by atoms with Crippen molar-refractivity contribution in [2.24, 2.45) is 0 Å². The zero-order chi connectivity index (χ0) is 32.7. The van der Waals surface area contributed by atoms with Crippen molar-refractivity contribution >= 4 is 46.7 Å². The molecule has 0 spiro atoms. The van der Waals surface area contributed by atoms with Crippen molar-refractivity contribution in [1.29, 1.82) is 0 Å². The minimum absolute atomic E-state index is 0.00284. The summed E-state index contributed by atoms with van der Waals surface area (Å²) in [6.45, 7) is 9.07. The lowest BCUT2D eigenvalue weighted by Crippen LogP contribution is -2.49. The van der Waals surface area contributed by atoms with E-state index in [-0.39, 0.29) is 29.8 Å². The molecule has 3 aromatic rings. The first-order chi connectivity index (χ1) is 21.4. The highest BCUT2D eigenvalue weighted by Crippen LogP contribution is 2.36. The molecule has 2 heterocycles. The highest BCUT2D eigenvalue weighted by Gasteiger charge is 2.32. The third-order valence-electron chi connectivity index (χ3n) is 7.73. The maximum atomic E-state index is 14.9. The van der Waals surface area contributed by atoms with Crippen LogP contribution in [-0.2, 0) is 17.3 Å². The van der Waals surface area contributed by atoms with Gasteiger partial charge in [0.2, 0.25) is 11.9 Å². The minimum atomic E-state index is -3.34. The van der Waals surface area contributed by atoms with Crippen molar-refractivity contribution in [3.8, 4) is 5.75 Å². The summed E-state index contributed by atoms with van der Waals surface area (Å²) >= 11 is 1.56. The van der Waals surface area contributed by atoms with Crippen LogP contribution in [0.5, 0.6) is 5.75 Å². The monoisotopic (exact) mass is 640 g/mol. The van der Waals surface area contributed by atoms with Gasteiger partial charge in [-0.25, -0.2) is 4.98 Å². The SMILES string of the molecule is C=CC(F)(F)c1cnc(Nc2ccc(N3CCN(CC(=O)N(C)C)CC3)cc2OC)nc1NCc1ccc(C)cc1N(C)SC. The van der Waals surface area contributed by atoms with E-state index < -0.39 is 5.92 Å². The van der Waals surface area contributed by atoms with Gasteiger partial charge in [0.05, 0.1) is 30.6 Å². The summed E-state index contributed by atoms with van der Waals surface area (Å²) in [7, 11) is 7.06. The molecular weight excluding hydrogens is 598 g/mol. The molecule has 10 nitrogen and oxygen atoms in total. The number of aryl methyl sites for hydroxylation is 1. The van der Waals surface area contributed by atoms with Gasteiger partial charge in [-0.05, 0) is 42.3 Å². The predicted octanol–water partition coefficient (Wildman–Crippen LogP) is 5.35. The number of hydrogen-bond acceptors (Lipinski definition) is 10. The van der Waals surface area contributed by atoms with Gasteiger partial charge in [0.15, 0.2) is 0 Å². The molecule has 13 heteroatoms. The molecule has 0 radical (unpaired) electrons. The Kier molecular flexibility index (Phi) is 11.1. The number of anilines is 5. The van der Waals surface area contributed by atoms with E-state index in [4.69, 9.17) is 4.74 Å². The largest absolute Gasteiger partial charge is 0.494 e. The van der Waals surface area contributed by atoms with E-state index in [1.165, 1.54) is 0 Å². The maximum absolute atomic E-state index is 14.9. The molecule has 1 amide bonds. The van der Waals surface area contributed by atoms with Gasteiger partial charge in [0.25, 0.3) is 5.92 Å². The Hall–Kier alpha value is -4.10. The number of allylic oxidation sites excluding steroid dienone is 1. The lowest BCUT2D eigenvalue weighted by atomic mass is 10.1. The van der Waals surface area contributed by atoms with Crippen LogP contribution in [-0.4, -0.2) is 92.9 Å². The van der Waals surface area contributed by atoms with Gasteiger partial charge in [-0.3, -0.25) is 9.69 Å². The third kappa shape index (κ3) is 8.34. The van der Waals surface area contributed by atoms with Crippen LogP contribution in [0.3, 0.4) is 0 Å². The Labute approximate surface area is 268 Å². The van der Waals surface area contributed by atoms with Gasteiger partial charge in [-0.1, -0.05) is 30.7 Å². The van der Waals surface area contributed by atoms with Crippen molar-refractivity contribution in [2.45, 2.75) is 19.4 Å². The van der Waals surface area contributed by atoms with E-state index in [9.17, 15) is 13.6 Å². The molecule has 2 aromatic carbocycles. The first-order valence-electron chi connectivity index (χ1n) is 14.6. The summed E-state index contributed by atoms with van der Waals surface area (Å²) in [5.41, 5.74) is 4.20. The maximum Gasteiger partial charge on any atom is 0.296 e. The molecule has 1 aromatic heterocycles. The highest BCUT2D eigenvalue weighted by atomic mass is 32.2. The molecule has 0 unspecified atom stereocenters. The number of benzene rings is 2. The summed E-state index contributed by atoms with van der Waals surface area (Å²) in [6, 6.07) is 11.8. The van der Waals surface area contributed by atoms with Gasteiger partial charge in [-0.15, -0.1) is 0 Å². The number of amides is 1. The number of nitrogens with one attached hydrogen (secondary N) is 2. The molecule has 0 saturated carbocycles. The van der Waals surface area contributed by atoms with E-state index in [0.717, 1.165) is 54.9 Å². The number of carbonyl (C=O) groups is 1. The Bertz CT molecular complexity index is 1500. The van der Waals surface area contributed by atoms with E-state index in [1.54, 1.807) is 38.1 Å². The third-order valence-corrected chi connectivity index (χ3v) is 8.48. The number of alkyl halides is 2. The zero-order valence-corrected chi connectivity index (χ0v) is 27.5. The first-order valence-corrected chi connectivity index (χ1v) is 15.8. The second-order valence-electron chi connectivity index (χ2n) is 11.0. The minimum Gasteiger partial charge on any atom is -0.494 e. The van der Waals surface area contributed by atoms with Crippen molar-refractivity contribution in [1.82, 2.24) is 19.8 Å². The Morgan fingerprint density at radius 2 is 1.89 bits per heavy atom. The lowest BCUT2D eigenvalue weighted by molar-refractivity contribution is -0.129. The Morgan fingerprint density at radius 1 is 1.16 bits per heavy atom. The number of nitrogens with zero attached hydrogens (tertiary/aromatic N) is 6. The standard InChI is InChI=1S/C32H42F2N8O2S/c1-8-32(33,34)25-20-36-31(38-30(25)35-19-23-10-9-22(2)17-27(23)40(5)45-7)37-26-12-11-24(18-28(26)44-6)42-15-13-41(14-16-42)21-29(43)39(3)4/h8-12,17-18,20H,1,13-16,19,21H2,2-7H3,(H2,35,36,37,38). The number of ether oxygens (including phenoxy) is 1. The molecule has 2 N–H and O–H groups in total. The number of halogens is 2. The summed E-state index contributed by atoms with van der Waals surface area (Å²) in [5, 5.41) is 6.25. The second-order valence-corrected chi connectivity index (χ2v) is 11.9. The molecular formula is C32H42F2N8O2S. The van der Waals surface area contributed by atoms with E-state index in [2.05, 4.69) is 43.0 Å². The van der Waals surface area contributed by atoms with Crippen molar-refractivity contribution < 1.29 is 18.3 Å². The number of aromatic nitrogens is 2. The normalized spacial score (nSPS) is 13.7. The van der Waals surface area contributed by atoms with E-state index in [0.29, 0.717) is 24.1 Å². The molecule has 1 saturated heterocycles. The molecule has 1 fully saturated rings. The van der Waals surface area contributed by atoms with Gasteiger partial charge in [-0.2, -0.15) is 13.8 Å². The molecule has 1 aliphatic rings. The van der Waals surface area contributed by atoms with Gasteiger partial charge < -0.3 is 29.5 Å². The smallest absolute Gasteiger partial charge is 0.296 e. The van der Waals surface area contributed by atoms with Crippen LogP contribution in [0.25, 0.3) is 0 Å². The van der Waals surface area contributed by atoms with Crippen LogP contribution in [0.4, 0.5) is 37.6 Å². The van der Waals surface area contributed by atoms with Gasteiger partial charge >= 0.3 is 0 Å². The lowest BCUT2D eigenvalue weighted by Gasteiger charge is -2.36. The molecule has 0 aliphatic carbocycles. The quantitative estimate of drug-likeness (QED) is 0.188. The van der Waals surface area contributed by atoms with Crippen LogP contribution in [0.2, 0.25) is 0 Å². The van der Waals surface area contributed by atoms with Crippen molar-refractivity contribution in [3.63, 3.8) is 0 Å². The average molecular weight is 641 g/mol. The molecule has 0 bridgehead atoms. The second kappa shape index (κ2) is 14.8. The van der Waals surface area contributed by atoms with Gasteiger partial charge in [0.1, 0.15) is 11.6 Å². The number of rotatable bonds is 13. The number of carbonyl (C=O) groups excluding carboxylic acids is 1. The number of likely N-dealkylation sites (N-methyl/N-ethyl adjacent to an activating group) is 1. The number of piperazine rings is 1. The molecule has 1 aliphatic heterocycles. The topological polar surface area (TPSA) is 89.1 Å². The van der Waals surface area contributed by atoms with Crippen LogP contribution in [0, 0.1) is 6.92 Å². The van der Waals surface area contributed by atoms with E-state index >= 15 is 0 Å². The predicted molar refractivity (Wildman–Crippen MR) is 180 cm³/mol. The van der Waals surface area contributed by atoms with Crippen LogP contribution in [0.15, 0.2) is 55.3 Å². The molecule has 0 atom stereocenters. The van der Waals surface area contributed by atoms with E-state index in [1.807, 2.05) is 54.9 Å². The Morgan fingerprint density at radius 3 is 2.53 bits per heavy atom. The summed E-state index contributed by atoms with van der Waals surface area (Å²) in [6.07, 6.45) is 3.68. The fraction of sp³-hybridized carbons (Fsp3) is 0.406. The number of hydrogen-bond donors (Lipinski definition) is 2. The molecule has 4 rings (SSSR count). The zero-order valence-electron chi connectivity index (χ0n) is 26.7. The number of methoxy groups -OCH3 is 1.